The van der Waals surface area contributed by atoms with E-state index < -0.39 is 0 Å². The standard InChI is InChI=1S/C12H24N2O2/c1-12(2,3)9-16-11(15)14-8-10-5-4-6-13-7-10/h10,13H,4-9H2,1-3H3,(H,14,15). The van der Waals surface area contributed by atoms with Crippen LogP contribution in [0, 0.1) is 11.3 Å². The van der Waals surface area contributed by atoms with Crippen LogP contribution in [0.3, 0.4) is 0 Å². The van der Waals surface area contributed by atoms with Crippen molar-refractivity contribution in [2.45, 2.75) is 33.6 Å². The topological polar surface area (TPSA) is 50.4 Å². The van der Waals surface area contributed by atoms with Gasteiger partial charge >= 0.3 is 6.09 Å². The molecule has 1 heterocycles. The minimum atomic E-state index is -0.291. The lowest BCUT2D eigenvalue weighted by atomic mass is 9.99. The molecule has 1 saturated heterocycles. The van der Waals surface area contributed by atoms with Gasteiger partial charge in [0.2, 0.25) is 0 Å². The highest BCUT2D eigenvalue weighted by molar-refractivity contribution is 5.67. The van der Waals surface area contributed by atoms with Gasteiger partial charge in [-0.1, -0.05) is 20.8 Å². The van der Waals surface area contributed by atoms with E-state index in [2.05, 4.69) is 10.6 Å². The number of amides is 1. The molecule has 0 bridgehead atoms. The smallest absolute Gasteiger partial charge is 0.407 e. The quantitative estimate of drug-likeness (QED) is 0.774. The number of carbonyl (C=O) groups excluding carboxylic acids is 1. The van der Waals surface area contributed by atoms with Crippen molar-refractivity contribution < 1.29 is 9.53 Å². The molecule has 1 atom stereocenters. The summed E-state index contributed by atoms with van der Waals surface area (Å²) >= 11 is 0. The van der Waals surface area contributed by atoms with Crippen LogP contribution >= 0.6 is 0 Å². The van der Waals surface area contributed by atoms with Crippen LogP contribution in [-0.2, 0) is 4.74 Å². The molecule has 1 amide bonds. The molecule has 0 aliphatic carbocycles. The number of ether oxygens (including phenoxy) is 1. The highest BCUT2D eigenvalue weighted by atomic mass is 16.5. The van der Waals surface area contributed by atoms with Gasteiger partial charge in [-0.2, -0.15) is 0 Å². The van der Waals surface area contributed by atoms with E-state index in [1.165, 1.54) is 12.8 Å². The molecule has 0 aromatic carbocycles. The summed E-state index contributed by atoms with van der Waals surface area (Å²) in [6, 6.07) is 0. The van der Waals surface area contributed by atoms with Gasteiger partial charge in [0, 0.05) is 6.54 Å². The summed E-state index contributed by atoms with van der Waals surface area (Å²) in [4.78, 5) is 11.4. The summed E-state index contributed by atoms with van der Waals surface area (Å²) in [6.45, 7) is 9.42. The molecule has 0 spiro atoms. The molecule has 1 unspecified atom stereocenters. The summed E-state index contributed by atoms with van der Waals surface area (Å²) in [7, 11) is 0. The lowest BCUT2D eigenvalue weighted by Gasteiger charge is -2.23. The highest BCUT2D eigenvalue weighted by Crippen LogP contribution is 2.13. The Morgan fingerprint density at radius 2 is 2.25 bits per heavy atom. The van der Waals surface area contributed by atoms with E-state index in [9.17, 15) is 4.79 Å². The molecule has 1 fully saturated rings. The average Bonchev–Trinajstić information content (AvgIpc) is 2.24. The van der Waals surface area contributed by atoms with E-state index in [0.29, 0.717) is 12.5 Å². The van der Waals surface area contributed by atoms with Crippen molar-refractivity contribution in [3.8, 4) is 0 Å². The Hall–Kier alpha value is -0.770. The van der Waals surface area contributed by atoms with Crippen LogP contribution in [0.25, 0.3) is 0 Å². The van der Waals surface area contributed by atoms with E-state index in [1.54, 1.807) is 0 Å². The normalized spacial score (nSPS) is 21.6. The van der Waals surface area contributed by atoms with Crippen LogP contribution in [0.5, 0.6) is 0 Å². The van der Waals surface area contributed by atoms with Crippen LogP contribution < -0.4 is 10.6 Å². The van der Waals surface area contributed by atoms with Crippen LogP contribution in [-0.4, -0.2) is 32.3 Å². The van der Waals surface area contributed by atoms with Gasteiger partial charge in [0.25, 0.3) is 0 Å². The molecule has 16 heavy (non-hydrogen) atoms. The zero-order valence-electron chi connectivity index (χ0n) is 10.6. The molecular weight excluding hydrogens is 204 g/mol. The van der Waals surface area contributed by atoms with Gasteiger partial charge in [-0.05, 0) is 37.3 Å². The first-order valence-corrected chi connectivity index (χ1v) is 6.09. The molecule has 0 saturated carbocycles. The van der Waals surface area contributed by atoms with E-state index in [4.69, 9.17) is 4.74 Å². The maximum absolute atomic E-state index is 11.4. The highest BCUT2D eigenvalue weighted by Gasteiger charge is 2.16. The zero-order valence-corrected chi connectivity index (χ0v) is 10.6. The summed E-state index contributed by atoms with van der Waals surface area (Å²) in [6.07, 6.45) is 2.09. The Balaban J connectivity index is 2.09. The predicted octanol–water partition coefficient (Wildman–Crippen LogP) is 1.76. The van der Waals surface area contributed by atoms with Crippen LogP contribution in [0.4, 0.5) is 4.79 Å². The Morgan fingerprint density at radius 1 is 1.50 bits per heavy atom. The number of alkyl carbamates (subject to hydrolysis) is 1. The molecule has 2 N–H and O–H groups in total. The molecule has 1 rings (SSSR count). The molecule has 0 radical (unpaired) electrons. The van der Waals surface area contributed by atoms with E-state index in [-0.39, 0.29) is 11.5 Å². The maximum atomic E-state index is 11.4. The first-order chi connectivity index (χ1) is 7.47. The van der Waals surface area contributed by atoms with Gasteiger partial charge in [0.05, 0.1) is 6.61 Å². The summed E-state index contributed by atoms with van der Waals surface area (Å²) in [5.74, 6) is 0.552. The summed E-state index contributed by atoms with van der Waals surface area (Å²) in [5.41, 5.74) is 0.0315. The third-order valence-corrected chi connectivity index (χ3v) is 2.57. The van der Waals surface area contributed by atoms with Crippen molar-refractivity contribution in [3.63, 3.8) is 0 Å². The molecule has 1 aliphatic heterocycles. The fourth-order valence-corrected chi connectivity index (χ4v) is 1.66. The minimum absolute atomic E-state index is 0.0315. The first-order valence-electron chi connectivity index (χ1n) is 6.09. The Kier molecular flexibility index (Phi) is 5.06. The molecule has 94 valence electrons. The van der Waals surface area contributed by atoms with Gasteiger partial charge in [0.15, 0.2) is 0 Å². The van der Waals surface area contributed by atoms with Crippen molar-refractivity contribution in [1.29, 1.82) is 0 Å². The summed E-state index contributed by atoms with van der Waals surface area (Å²) in [5, 5.41) is 6.15. The lowest BCUT2D eigenvalue weighted by molar-refractivity contribution is 0.105. The molecule has 0 aromatic heterocycles. The molecule has 4 heteroatoms. The second kappa shape index (κ2) is 6.09. The van der Waals surface area contributed by atoms with Crippen molar-refractivity contribution in [2.75, 3.05) is 26.2 Å². The fourth-order valence-electron chi connectivity index (χ4n) is 1.66. The van der Waals surface area contributed by atoms with Crippen LogP contribution in [0.2, 0.25) is 0 Å². The van der Waals surface area contributed by atoms with Crippen molar-refractivity contribution in [3.05, 3.63) is 0 Å². The molecule has 4 nitrogen and oxygen atoms in total. The van der Waals surface area contributed by atoms with Crippen molar-refractivity contribution in [1.82, 2.24) is 10.6 Å². The fraction of sp³-hybridized carbons (Fsp3) is 0.917. The second-order valence-corrected chi connectivity index (χ2v) is 5.73. The third kappa shape index (κ3) is 5.95. The van der Waals surface area contributed by atoms with Gasteiger partial charge in [-0.25, -0.2) is 4.79 Å². The molecule has 1 aliphatic rings. The molecular formula is C12H24N2O2. The van der Waals surface area contributed by atoms with Crippen molar-refractivity contribution in [2.24, 2.45) is 11.3 Å². The van der Waals surface area contributed by atoms with E-state index in [0.717, 1.165) is 19.6 Å². The van der Waals surface area contributed by atoms with Gasteiger partial charge in [0.1, 0.15) is 0 Å². The Bertz CT molecular complexity index is 218. The van der Waals surface area contributed by atoms with E-state index in [1.807, 2.05) is 20.8 Å². The lowest BCUT2D eigenvalue weighted by Crippen LogP contribution is -2.38. The third-order valence-electron chi connectivity index (χ3n) is 2.57. The zero-order chi connectivity index (χ0) is 12.0. The van der Waals surface area contributed by atoms with Crippen LogP contribution in [0.15, 0.2) is 0 Å². The Labute approximate surface area is 98.1 Å². The number of nitrogens with one attached hydrogen (secondary N) is 2. The number of hydrogen-bond acceptors (Lipinski definition) is 3. The average molecular weight is 228 g/mol. The van der Waals surface area contributed by atoms with Gasteiger partial charge in [-0.15, -0.1) is 0 Å². The number of carbonyl (C=O) groups is 1. The van der Waals surface area contributed by atoms with Gasteiger partial charge < -0.3 is 15.4 Å². The van der Waals surface area contributed by atoms with Crippen LogP contribution in [0.1, 0.15) is 33.6 Å². The maximum Gasteiger partial charge on any atom is 0.407 e. The first kappa shape index (κ1) is 13.3. The van der Waals surface area contributed by atoms with E-state index >= 15 is 0 Å². The minimum Gasteiger partial charge on any atom is -0.449 e. The number of hydrogen-bond donors (Lipinski definition) is 2. The Morgan fingerprint density at radius 3 is 2.81 bits per heavy atom. The SMILES string of the molecule is CC(C)(C)COC(=O)NCC1CCCNC1. The number of piperidine rings is 1. The second-order valence-electron chi connectivity index (χ2n) is 5.73. The van der Waals surface area contributed by atoms with Gasteiger partial charge in [-0.3, -0.25) is 0 Å². The largest absolute Gasteiger partial charge is 0.449 e. The predicted molar refractivity (Wildman–Crippen MR) is 64.4 cm³/mol. The summed E-state index contributed by atoms with van der Waals surface area (Å²) < 4.78 is 5.13. The molecule has 0 aromatic rings. The number of rotatable bonds is 3. The van der Waals surface area contributed by atoms with Crippen molar-refractivity contribution >= 4 is 6.09 Å². The monoisotopic (exact) mass is 228 g/mol.